The molecule has 5 amide bonds. The second-order valence-electron chi connectivity index (χ2n) is 10.4. The lowest BCUT2D eigenvalue weighted by atomic mass is 9.95. The molecule has 2 heterocycles. The number of aliphatic hydroxyl groups is 1. The molecule has 2 saturated heterocycles. The molecule has 15 heteroatoms. The fourth-order valence-electron chi connectivity index (χ4n) is 4.96. The Kier molecular flexibility index (Phi) is 9.47. The molecular formula is C28H32N4O10S. The van der Waals surface area contributed by atoms with Crippen molar-refractivity contribution in [2.24, 2.45) is 0 Å². The number of aliphatic hydroxyl groups excluding tert-OH is 1. The van der Waals surface area contributed by atoms with E-state index in [9.17, 15) is 39.3 Å². The number of hydrogen-bond donors (Lipinski definition) is 6. The van der Waals surface area contributed by atoms with Gasteiger partial charge in [-0.1, -0.05) is 30.3 Å². The predicted octanol–water partition coefficient (Wildman–Crippen LogP) is 0.631. The lowest BCUT2D eigenvalue weighted by Gasteiger charge is -2.44. The topological polar surface area (TPSA) is 206 Å². The van der Waals surface area contributed by atoms with E-state index >= 15 is 0 Å². The summed E-state index contributed by atoms with van der Waals surface area (Å²) in [7, 11) is 0. The molecule has 14 nitrogen and oxygen atoms in total. The number of aromatic hydroxyl groups is 2. The van der Waals surface area contributed by atoms with Gasteiger partial charge < -0.3 is 40.7 Å². The molecule has 2 aromatic rings. The van der Waals surface area contributed by atoms with E-state index in [1.807, 2.05) is 0 Å². The van der Waals surface area contributed by atoms with Crippen LogP contribution in [0.15, 0.2) is 48.5 Å². The Balaban J connectivity index is 1.56. The molecule has 1 unspecified atom stereocenters. The van der Waals surface area contributed by atoms with Crippen LogP contribution in [0.25, 0.3) is 0 Å². The predicted molar refractivity (Wildman–Crippen MR) is 152 cm³/mol. The van der Waals surface area contributed by atoms with Crippen molar-refractivity contribution in [1.29, 1.82) is 0 Å². The first-order valence-electron chi connectivity index (χ1n) is 13.3. The van der Waals surface area contributed by atoms with E-state index in [1.165, 1.54) is 22.7 Å². The number of carboxylic acid groups (broad SMARTS) is 1. The van der Waals surface area contributed by atoms with Gasteiger partial charge in [0.1, 0.15) is 23.5 Å². The number of rotatable bonds is 11. The van der Waals surface area contributed by atoms with Gasteiger partial charge in [0, 0.05) is 10.3 Å². The van der Waals surface area contributed by atoms with Crippen LogP contribution in [0.3, 0.4) is 0 Å². The van der Waals surface area contributed by atoms with Crippen LogP contribution < -0.4 is 10.6 Å². The van der Waals surface area contributed by atoms with E-state index < -0.39 is 69.5 Å². The van der Waals surface area contributed by atoms with Crippen molar-refractivity contribution in [3.63, 3.8) is 0 Å². The van der Waals surface area contributed by atoms with Gasteiger partial charge in [-0.2, -0.15) is 0 Å². The smallest absolute Gasteiger partial charge is 0.327 e. The minimum Gasteiger partial charge on any atom is -0.504 e. The average molecular weight is 617 g/mol. The number of amides is 5. The highest BCUT2D eigenvalue weighted by Gasteiger charge is 2.64. The molecule has 2 aliphatic rings. The zero-order valence-electron chi connectivity index (χ0n) is 23.3. The molecule has 0 bridgehead atoms. The summed E-state index contributed by atoms with van der Waals surface area (Å²) in [5.74, 6) is -4.40. The molecule has 230 valence electrons. The van der Waals surface area contributed by atoms with Crippen LogP contribution in [0.2, 0.25) is 0 Å². The normalized spacial score (nSPS) is 20.9. The van der Waals surface area contributed by atoms with Crippen LogP contribution in [0.1, 0.15) is 35.8 Å². The zero-order chi connectivity index (χ0) is 31.5. The Labute approximate surface area is 250 Å². The summed E-state index contributed by atoms with van der Waals surface area (Å²) in [6, 6.07) is 6.90. The molecule has 0 aliphatic carbocycles. The fraction of sp³-hybridized carbons (Fsp3) is 0.393. The van der Waals surface area contributed by atoms with E-state index in [0.717, 1.165) is 17.0 Å². The minimum absolute atomic E-state index is 0.0517. The highest BCUT2D eigenvalue weighted by molar-refractivity contribution is 8.01. The van der Waals surface area contributed by atoms with Gasteiger partial charge in [-0.05, 0) is 37.6 Å². The second-order valence-corrected chi connectivity index (χ2v) is 12.1. The number of carbonyl (C=O) groups excluding carboxylic acids is 4. The van der Waals surface area contributed by atoms with Gasteiger partial charge in [-0.15, -0.1) is 11.8 Å². The van der Waals surface area contributed by atoms with Crippen molar-refractivity contribution in [3.05, 3.63) is 59.7 Å². The zero-order valence-corrected chi connectivity index (χ0v) is 24.1. The first-order chi connectivity index (χ1) is 20.4. The van der Waals surface area contributed by atoms with Gasteiger partial charge in [-0.3, -0.25) is 19.3 Å². The monoisotopic (exact) mass is 616 g/mol. The highest BCUT2D eigenvalue weighted by Crippen LogP contribution is 2.50. The second kappa shape index (κ2) is 12.9. The number of thioether (sulfide) groups is 1. The Morgan fingerprint density at radius 2 is 1.77 bits per heavy atom. The van der Waals surface area contributed by atoms with Crippen molar-refractivity contribution in [3.8, 4) is 11.5 Å². The number of β-lactam (4-membered cyclic amide) rings is 1. The maximum Gasteiger partial charge on any atom is 0.327 e. The largest absolute Gasteiger partial charge is 0.504 e. The average Bonchev–Trinajstić information content (AvgIpc) is 3.23. The van der Waals surface area contributed by atoms with Crippen molar-refractivity contribution < 1.29 is 49.1 Å². The number of nitrogens with zero attached hydrogens (tertiary/aromatic N) is 2. The summed E-state index contributed by atoms with van der Waals surface area (Å²) >= 11 is 1.25. The Morgan fingerprint density at radius 3 is 2.40 bits per heavy atom. The van der Waals surface area contributed by atoms with Crippen molar-refractivity contribution >= 4 is 41.5 Å². The number of aliphatic carboxylic acids is 1. The molecular weight excluding hydrogens is 584 g/mol. The Morgan fingerprint density at radius 1 is 1.07 bits per heavy atom. The van der Waals surface area contributed by atoms with E-state index in [0.29, 0.717) is 5.56 Å². The number of fused-ring (bicyclic) bond motifs is 1. The highest BCUT2D eigenvalue weighted by atomic mass is 32.2. The molecule has 4 rings (SSSR count). The van der Waals surface area contributed by atoms with Gasteiger partial charge in [0.15, 0.2) is 11.5 Å². The lowest BCUT2D eigenvalue weighted by molar-refractivity contribution is -0.161. The number of phenolic OH excluding ortho intramolecular Hbond substituents is 2. The number of urea groups is 1. The van der Waals surface area contributed by atoms with Crippen LogP contribution in [-0.2, 0) is 19.1 Å². The molecule has 6 N–H and O–H groups in total. The molecule has 0 spiro atoms. The maximum atomic E-state index is 13.6. The van der Waals surface area contributed by atoms with Gasteiger partial charge >= 0.3 is 12.0 Å². The summed E-state index contributed by atoms with van der Waals surface area (Å²) in [5.41, 5.74) is 0.202. The van der Waals surface area contributed by atoms with E-state index in [2.05, 4.69) is 10.6 Å². The number of benzene rings is 2. The van der Waals surface area contributed by atoms with Gasteiger partial charge in [0.05, 0.1) is 26.4 Å². The number of nitrogens with one attached hydrogen (secondary N) is 2. The minimum atomic E-state index is -1.37. The lowest BCUT2D eigenvalue weighted by Crippen LogP contribution is -2.71. The number of imide groups is 1. The molecule has 43 heavy (non-hydrogen) atoms. The van der Waals surface area contributed by atoms with Crippen LogP contribution in [0, 0.1) is 0 Å². The standard InChI is InChI=1S/C28H32N4O10S/c1-28(2)21(26(39)40)32-24(38)20(25(32)43-28)29-22(36)19(15-6-4-3-5-7-15)30-27(41)31(10-12-42-13-11-33)23(37)16-8-9-17(34)18(35)14-16/h3-9,14,19-21,25,33-35H,10-13H2,1-2H3,(H,29,36)(H,30,41)(H,39,40)/t19?,20-,21+,25-/m1/s1. The van der Waals surface area contributed by atoms with Crippen molar-refractivity contribution in [2.45, 2.75) is 42.1 Å². The summed E-state index contributed by atoms with van der Waals surface area (Å²) in [6.07, 6.45) is 0. The SMILES string of the molecule is CC1(C)S[C@@H]2[C@H](NC(=O)C(NC(=O)N(CCOCCO)C(=O)c3ccc(O)c(O)c3)c3ccccc3)C(=O)N2[C@H]1C(=O)O. The molecule has 0 radical (unpaired) electrons. The number of carboxylic acids is 1. The van der Waals surface area contributed by atoms with E-state index in [-0.39, 0.29) is 31.9 Å². The molecule has 2 fully saturated rings. The van der Waals surface area contributed by atoms with Gasteiger partial charge in [-0.25, -0.2) is 9.59 Å². The third-order valence-corrected chi connectivity index (χ3v) is 8.61. The van der Waals surface area contributed by atoms with E-state index in [1.54, 1.807) is 44.2 Å². The molecule has 0 saturated carbocycles. The molecule has 2 aromatic carbocycles. The summed E-state index contributed by atoms with van der Waals surface area (Å²) in [5, 5.41) is 42.7. The number of ether oxygens (including phenoxy) is 1. The fourth-order valence-corrected chi connectivity index (χ4v) is 6.58. The molecule has 0 aromatic heterocycles. The number of phenols is 2. The first-order valence-corrected chi connectivity index (χ1v) is 14.2. The summed E-state index contributed by atoms with van der Waals surface area (Å²) in [6.45, 7) is 2.62. The van der Waals surface area contributed by atoms with Crippen LogP contribution in [0.5, 0.6) is 11.5 Å². The van der Waals surface area contributed by atoms with Crippen molar-refractivity contribution in [1.82, 2.24) is 20.4 Å². The number of carbonyl (C=O) groups is 5. The molecule has 4 atom stereocenters. The maximum absolute atomic E-state index is 13.6. The third-order valence-electron chi connectivity index (χ3n) is 7.04. The third kappa shape index (κ3) is 6.53. The summed E-state index contributed by atoms with van der Waals surface area (Å²) < 4.78 is 4.41. The van der Waals surface area contributed by atoms with Crippen molar-refractivity contribution in [2.75, 3.05) is 26.4 Å². The van der Waals surface area contributed by atoms with Crippen LogP contribution in [-0.4, -0.2) is 109 Å². The van der Waals surface area contributed by atoms with E-state index in [4.69, 9.17) is 9.84 Å². The van der Waals surface area contributed by atoms with Gasteiger partial charge in [0.25, 0.3) is 5.91 Å². The molecule has 2 aliphatic heterocycles. The van der Waals surface area contributed by atoms with Crippen LogP contribution in [0.4, 0.5) is 4.79 Å². The summed E-state index contributed by atoms with van der Waals surface area (Å²) in [4.78, 5) is 67.2. The quantitative estimate of drug-likeness (QED) is 0.117. The van der Waals surface area contributed by atoms with Gasteiger partial charge in [0.2, 0.25) is 11.8 Å². The Bertz CT molecular complexity index is 1410. The Hall–Kier alpha value is -4.34. The van der Waals surface area contributed by atoms with Crippen LogP contribution >= 0.6 is 11.8 Å². The number of hydrogen-bond acceptors (Lipinski definition) is 10. The first kappa shape index (κ1) is 31.6.